The molecule has 0 saturated heterocycles. The standard InChI is InChI=1S/C28H23ClO2S/c1-17-6-13-22(24(29)14-17)18-7-9-19(10-8-18)28(31)23-4-2-3-5-26(23)32-27-16-25(30)20-11-12-21(27)15-20/h2-10,13-14,16,20-21H,11-12,15H2,1H3. The van der Waals surface area contributed by atoms with E-state index in [4.69, 9.17) is 11.6 Å². The normalized spacial score (nSPS) is 19.7. The van der Waals surface area contributed by atoms with Crippen LogP contribution < -0.4 is 0 Å². The number of carbonyl (C=O) groups is 2. The van der Waals surface area contributed by atoms with Crippen molar-refractivity contribution < 1.29 is 9.59 Å². The summed E-state index contributed by atoms with van der Waals surface area (Å²) in [5, 5.41) is 0.704. The van der Waals surface area contributed by atoms with Crippen molar-refractivity contribution in [3.8, 4) is 11.1 Å². The van der Waals surface area contributed by atoms with Gasteiger partial charge in [-0.1, -0.05) is 71.9 Å². The molecule has 2 unspecified atom stereocenters. The van der Waals surface area contributed by atoms with E-state index in [-0.39, 0.29) is 17.5 Å². The highest BCUT2D eigenvalue weighted by atomic mass is 35.5. The number of hydrogen-bond acceptors (Lipinski definition) is 3. The molecule has 1 saturated carbocycles. The van der Waals surface area contributed by atoms with Gasteiger partial charge >= 0.3 is 0 Å². The van der Waals surface area contributed by atoms with Crippen LogP contribution in [0, 0.1) is 18.8 Å². The topological polar surface area (TPSA) is 34.1 Å². The maximum absolute atomic E-state index is 13.4. The minimum absolute atomic E-state index is 0.0123. The van der Waals surface area contributed by atoms with Gasteiger partial charge in [0.25, 0.3) is 0 Å². The number of carbonyl (C=O) groups excluding carboxylic acids is 2. The molecule has 3 aromatic rings. The lowest BCUT2D eigenvalue weighted by molar-refractivity contribution is -0.118. The molecule has 0 aromatic heterocycles. The van der Waals surface area contributed by atoms with Crippen LogP contribution in [0.25, 0.3) is 11.1 Å². The summed E-state index contributed by atoms with van der Waals surface area (Å²) >= 11 is 8.00. The Morgan fingerprint density at radius 3 is 2.50 bits per heavy atom. The molecule has 0 heterocycles. The highest BCUT2D eigenvalue weighted by Gasteiger charge is 2.36. The molecule has 2 bridgehead atoms. The van der Waals surface area contributed by atoms with Crippen LogP contribution in [0.5, 0.6) is 0 Å². The molecule has 32 heavy (non-hydrogen) atoms. The molecule has 2 aliphatic rings. The van der Waals surface area contributed by atoms with Gasteiger partial charge in [0, 0.05) is 32.5 Å². The quantitative estimate of drug-likeness (QED) is 0.371. The highest BCUT2D eigenvalue weighted by Crippen LogP contribution is 2.47. The van der Waals surface area contributed by atoms with Gasteiger partial charge in [-0.3, -0.25) is 9.59 Å². The molecular formula is C28H23ClO2S. The molecule has 1 fully saturated rings. The van der Waals surface area contributed by atoms with Crippen molar-refractivity contribution in [2.24, 2.45) is 11.8 Å². The smallest absolute Gasteiger partial charge is 0.194 e. The van der Waals surface area contributed by atoms with Gasteiger partial charge in [0.2, 0.25) is 0 Å². The van der Waals surface area contributed by atoms with Crippen LogP contribution in [-0.4, -0.2) is 11.6 Å². The Kier molecular flexibility index (Phi) is 5.79. The van der Waals surface area contributed by atoms with Crippen LogP contribution in [0.3, 0.4) is 0 Å². The first-order chi connectivity index (χ1) is 15.5. The fraction of sp³-hybridized carbons (Fsp3) is 0.214. The second-order valence-corrected chi connectivity index (χ2v) is 10.2. The molecule has 0 N–H and O–H groups in total. The third-order valence-electron chi connectivity index (χ3n) is 6.46. The molecule has 0 spiro atoms. The van der Waals surface area contributed by atoms with E-state index in [0.29, 0.717) is 22.1 Å². The van der Waals surface area contributed by atoms with E-state index in [1.54, 1.807) is 11.8 Å². The molecule has 3 aromatic carbocycles. The number of thioether (sulfide) groups is 1. The molecule has 160 valence electrons. The van der Waals surface area contributed by atoms with Crippen LogP contribution >= 0.6 is 23.4 Å². The summed E-state index contributed by atoms with van der Waals surface area (Å²) in [6.07, 6.45) is 4.82. The van der Waals surface area contributed by atoms with Crippen molar-refractivity contribution >= 4 is 34.9 Å². The molecule has 5 rings (SSSR count). The second-order valence-electron chi connectivity index (χ2n) is 8.64. The molecule has 2 atom stereocenters. The van der Waals surface area contributed by atoms with E-state index in [1.807, 2.05) is 79.7 Å². The average molecular weight is 459 g/mol. The van der Waals surface area contributed by atoms with Gasteiger partial charge in [0.05, 0.1) is 0 Å². The largest absolute Gasteiger partial charge is 0.295 e. The summed E-state index contributed by atoms with van der Waals surface area (Å²) in [6.45, 7) is 2.01. The number of ketones is 2. The molecular weight excluding hydrogens is 436 g/mol. The Bertz CT molecular complexity index is 1240. The molecule has 0 radical (unpaired) electrons. The SMILES string of the molecule is Cc1ccc(-c2ccc(C(=O)c3ccccc3SC3=CC(=O)C4CCC3C4)cc2)c(Cl)c1. The molecule has 0 aliphatic heterocycles. The zero-order chi connectivity index (χ0) is 22.2. The molecule has 4 heteroatoms. The fourth-order valence-corrected chi connectivity index (χ4v) is 6.24. The second kappa shape index (κ2) is 8.73. The summed E-state index contributed by atoms with van der Waals surface area (Å²) in [4.78, 5) is 27.7. The van der Waals surface area contributed by atoms with Gasteiger partial charge in [-0.25, -0.2) is 0 Å². The first-order valence-corrected chi connectivity index (χ1v) is 12.1. The van der Waals surface area contributed by atoms with Crippen LogP contribution in [0.4, 0.5) is 0 Å². The van der Waals surface area contributed by atoms with Crippen LogP contribution in [0.1, 0.15) is 40.7 Å². The Labute approximate surface area is 197 Å². The van der Waals surface area contributed by atoms with E-state index < -0.39 is 0 Å². The van der Waals surface area contributed by atoms with E-state index >= 15 is 0 Å². The van der Waals surface area contributed by atoms with Crippen molar-refractivity contribution in [3.63, 3.8) is 0 Å². The Morgan fingerprint density at radius 1 is 0.969 bits per heavy atom. The lowest BCUT2D eigenvalue weighted by atomic mass is 9.94. The summed E-state index contributed by atoms with van der Waals surface area (Å²) in [6, 6.07) is 21.3. The lowest BCUT2D eigenvalue weighted by Crippen LogP contribution is -2.14. The van der Waals surface area contributed by atoms with E-state index in [9.17, 15) is 9.59 Å². The summed E-state index contributed by atoms with van der Waals surface area (Å²) < 4.78 is 0. The third kappa shape index (κ3) is 4.07. The number of hydrogen-bond donors (Lipinski definition) is 0. The average Bonchev–Trinajstić information content (AvgIpc) is 3.24. The van der Waals surface area contributed by atoms with E-state index in [2.05, 4.69) is 0 Å². The zero-order valence-corrected chi connectivity index (χ0v) is 19.4. The number of rotatable bonds is 5. The van der Waals surface area contributed by atoms with Gasteiger partial charge < -0.3 is 0 Å². The zero-order valence-electron chi connectivity index (χ0n) is 17.8. The van der Waals surface area contributed by atoms with Gasteiger partial charge in [-0.2, -0.15) is 0 Å². The van der Waals surface area contributed by atoms with Gasteiger partial charge in [-0.15, -0.1) is 0 Å². The summed E-state index contributed by atoms with van der Waals surface area (Å²) in [5.41, 5.74) is 4.36. The third-order valence-corrected chi connectivity index (χ3v) is 8.04. The Balaban J connectivity index is 1.41. The van der Waals surface area contributed by atoms with E-state index in [1.165, 1.54) is 0 Å². The molecule has 0 amide bonds. The first-order valence-electron chi connectivity index (χ1n) is 10.9. The highest BCUT2D eigenvalue weighted by molar-refractivity contribution is 8.03. The van der Waals surface area contributed by atoms with Crippen LogP contribution in [0.2, 0.25) is 5.02 Å². The number of fused-ring (bicyclic) bond motifs is 2. The lowest BCUT2D eigenvalue weighted by Gasteiger charge is -2.20. The number of benzene rings is 3. The van der Waals surface area contributed by atoms with Crippen molar-refractivity contribution in [2.75, 3.05) is 0 Å². The minimum Gasteiger partial charge on any atom is -0.295 e. The fourth-order valence-electron chi connectivity index (χ4n) is 4.67. The number of halogens is 1. The maximum Gasteiger partial charge on any atom is 0.194 e. The van der Waals surface area contributed by atoms with Crippen LogP contribution in [0.15, 0.2) is 82.6 Å². The summed E-state index contributed by atoms with van der Waals surface area (Å²) in [5.74, 6) is 0.892. The van der Waals surface area contributed by atoms with Gasteiger partial charge in [-0.05, 0) is 72.4 Å². The van der Waals surface area contributed by atoms with Crippen LogP contribution in [-0.2, 0) is 4.79 Å². The van der Waals surface area contributed by atoms with Gasteiger partial charge in [0.1, 0.15) is 0 Å². The van der Waals surface area contributed by atoms with Crippen molar-refractivity contribution in [1.82, 2.24) is 0 Å². The minimum atomic E-state index is -0.0123. The maximum atomic E-state index is 13.4. The number of allylic oxidation sites excluding steroid dienone is 2. The first kappa shape index (κ1) is 21.2. The molecule has 2 nitrogen and oxygen atoms in total. The van der Waals surface area contributed by atoms with Gasteiger partial charge in [0.15, 0.2) is 11.6 Å². The summed E-state index contributed by atoms with van der Waals surface area (Å²) in [7, 11) is 0. The van der Waals surface area contributed by atoms with Crippen molar-refractivity contribution in [1.29, 1.82) is 0 Å². The Hall–Kier alpha value is -2.62. The monoisotopic (exact) mass is 458 g/mol. The Morgan fingerprint density at radius 2 is 1.72 bits per heavy atom. The van der Waals surface area contributed by atoms with Crippen molar-refractivity contribution in [3.05, 3.63) is 99.4 Å². The van der Waals surface area contributed by atoms with E-state index in [0.717, 1.165) is 45.8 Å². The molecule has 2 aliphatic carbocycles. The van der Waals surface area contributed by atoms with Crippen molar-refractivity contribution in [2.45, 2.75) is 31.1 Å². The predicted octanol–water partition coefficient (Wildman–Crippen LogP) is 7.52. The predicted molar refractivity (Wildman–Crippen MR) is 131 cm³/mol. The number of aryl methyl sites for hydroxylation is 1.